The molecule has 0 saturated heterocycles. The maximum Gasteiger partial charge on any atom is 0.323 e. The number of urea groups is 1. The number of anilines is 2. The second-order valence-corrected chi connectivity index (χ2v) is 8.51. The van der Waals surface area contributed by atoms with Gasteiger partial charge >= 0.3 is 6.03 Å². The highest BCUT2D eigenvalue weighted by Crippen LogP contribution is 2.38. The van der Waals surface area contributed by atoms with Gasteiger partial charge in [0.05, 0.1) is 15.2 Å². The molecular formula is C20H13ClFN3OS2. The summed E-state index contributed by atoms with van der Waals surface area (Å²) >= 11 is 9.47. The van der Waals surface area contributed by atoms with Crippen LogP contribution in [0.1, 0.15) is 0 Å². The van der Waals surface area contributed by atoms with Crippen LogP contribution in [0.2, 0.25) is 5.02 Å². The van der Waals surface area contributed by atoms with Crippen molar-refractivity contribution in [1.82, 2.24) is 4.98 Å². The molecule has 0 aliphatic rings. The molecule has 140 valence electrons. The third-order valence-electron chi connectivity index (χ3n) is 3.76. The summed E-state index contributed by atoms with van der Waals surface area (Å²) in [5.41, 5.74) is 2.01. The van der Waals surface area contributed by atoms with E-state index in [9.17, 15) is 9.18 Å². The second-order valence-electron chi connectivity index (χ2n) is 5.78. The molecule has 2 N–H and O–H groups in total. The molecular weight excluding hydrogens is 417 g/mol. The normalized spacial score (nSPS) is 10.8. The maximum atomic E-state index is 12.9. The summed E-state index contributed by atoms with van der Waals surface area (Å²) in [5.74, 6) is -0.362. The number of nitrogens with one attached hydrogen (secondary N) is 2. The average molecular weight is 430 g/mol. The molecule has 0 aliphatic carbocycles. The molecule has 0 radical (unpaired) electrons. The van der Waals surface area contributed by atoms with Gasteiger partial charge in [-0.25, -0.2) is 14.2 Å². The number of hydrogen-bond acceptors (Lipinski definition) is 4. The van der Waals surface area contributed by atoms with Crippen LogP contribution in [0.25, 0.3) is 10.2 Å². The Hall–Kier alpha value is -2.61. The third kappa shape index (κ3) is 4.44. The average Bonchev–Trinajstić information content (AvgIpc) is 3.08. The number of aromatic nitrogens is 1. The van der Waals surface area contributed by atoms with E-state index in [0.717, 1.165) is 19.5 Å². The zero-order valence-electron chi connectivity index (χ0n) is 14.3. The second kappa shape index (κ2) is 8.18. The van der Waals surface area contributed by atoms with Crippen LogP contribution < -0.4 is 10.6 Å². The van der Waals surface area contributed by atoms with Crippen molar-refractivity contribution < 1.29 is 9.18 Å². The van der Waals surface area contributed by atoms with Crippen molar-refractivity contribution >= 4 is 62.3 Å². The summed E-state index contributed by atoms with van der Waals surface area (Å²) < 4.78 is 14.9. The highest BCUT2D eigenvalue weighted by atomic mass is 35.5. The monoisotopic (exact) mass is 429 g/mol. The quantitative estimate of drug-likeness (QED) is 0.371. The summed E-state index contributed by atoms with van der Waals surface area (Å²) in [6.07, 6.45) is 0. The number of halogens is 2. The Kier molecular flexibility index (Phi) is 5.47. The van der Waals surface area contributed by atoms with Gasteiger partial charge in [-0.05, 0) is 54.6 Å². The Bertz CT molecular complexity index is 1110. The lowest BCUT2D eigenvalue weighted by Gasteiger charge is -2.09. The number of rotatable bonds is 4. The Morgan fingerprint density at radius 1 is 1.00 bits per heavy atom. The molecule has 0 unspecified atom stereocenters. The van der Waals surface area contributed by atoms with Gasteiger partial charge in [-0.3, -0.25) is 0 Å². The van der Waals surface area contributed by atoms with Gasteiger partial charge in [0.25, 0.3) is 0 Å². The van der Waals surface area contributed by atoms with Crippen molar-refractivity contribution in [2.24, 2.45) is 0 Å². The number of amides is 2. The minimum Gasteiger partial charge on any atom is -0.308 e. The molecule has 4 rings (SSSR count). The van der Waals surface area contributed by atoms with Crippen molar-refractivity contribution in [1.29, 1.82) is 0 Å². The summed E-state index contributed by atoms with van der Waals surface area (Å²) in [4.78, 5) is 17.5. The first-order chi connectivity index (χ1) is 13.6. The highest BCUT2D eigenvalue weighted by Gasteiger charge is 2.10. The van der Waals surface area contributed by atoms with Gasteiger partial charge in [-0.15, -0.1) is 11.3 Å². The predicted octanol–water partition coefficient (Wildman–Crippen LogP) is 6.88. The van der Waals surface area contributed by atoms with E-state index in [1.807, 2.05) is 30.3 Å². The number of para-hydroxylation sites is 1. The Morgan fingerprint density at radius 2 is 1.71 bits per heavy atom. The van der Waals surface area contributed by atoms with E-state index >= 15 is 0 Å². The molecule has 0 aliphatic heterocycles. The van der Waals surface area contributed by atoms with Crippen molar-refractivity contribution in [3.63, 3.8) is 0 Å². The van der Waals surface area contributed by atoms with E-state index in [4.69, 9.17) is 11.6 Å². The van der Waals surface area contributed by atoms with E-state index in [1.165, 1.54) is 36.0 Å². The first-order valence-electron chi connectivity index (χ1n) is 8.23. The van der Waals surface area contributed by atoms with Gasteiger partial charge in [0.1, 0.15) is 5.82 Å². The Morgan fingerprint density at radius 3 is 2.46 bits per heavy atom. The standard InChI is InChI=1S/C20H13ClFN3OS2/c21-15-11-14(24-19(26)23-13-7-5-12(22)6-8-13)9-10-17(15)27-20-25-16-3-1-2-4-18(16)28-20/h1-11H,(H2,23,24,26). The lowest BCUT2D eigenvalue weighted by Crippen LogP contribution is -2.19. The number of hydrogen-bond donors (Lipinski definition) is 2. The number of fused-ring (bicyclic) bond motifs is 1. The summed E-state index contributed by atoms with van der Waals surface area (Å²) in [6.45, 7) is 0. The number of thiazole rings is 1. The molecule has 4 nitrogen and oxygen atoms in total. The molecule has 0 bridgehead atoms. The van der Waals surface area contributed by atoms with Gasteiger partial charge in [-0.1, -0.05) is 35.5 Å². The Balaban J connectivity index is 1.43. The lowest BCUT2D eigenvalue weighted by atomic mass is 10.3. The fraction of sp³-hybridized carbons (Fsp3) is 0. The molecule has 0 saturated carbocycles. The smallest absolute Gasteiger partial charge is 0.308 e. The number of carbonyl (C=O) groups is 1. The van der Waals surface area contributed by atoms with Crippen molar-refractivity contribution in [2.75, 3.05) is 10.6 Å². The van der Waals surface area contributed by atoms with Gasteiger partial charge in [0.2, 0.25) is 0 Å². The van der Waals surface area contributed by atoms with Crippen LogP contribution in [-0.2, 0) is 0 Å². The fourth-order valence-corrected chi connectivity index (χ4v) is 4.80. The first-order valence-corrected chi connectivity index (χ1v) is 10.2. The van der Waals surface area contributed by atoms with E-state index in [0.29, 0.717) is 16.4 Å². The molecule has 0 atom stereocenters. The van der Waals surface area contributed by atoms with Crippen molar-refractivity contribution in [3.8, 4) is 0 Å². The zero-order valence-corrected chi connectivity index (χ0v) is 16.7. The molecule has 0 fully saturated rings. The minimum absolute atomic E-state index is 0.362. The highest BCUT2D eigenvalue weighted by molar-refractivity contribution is 8.01. The van der Waals surface area contributed by atoms with Gasteiger partial charge in [0, 0.05) is 16.3 Å². The lowest BCUT2D eigenvalue weighted by molar-refractivity contribution is 0.262. The van der Waals surface area contributed by atoms with Crippen molar-refractivity contribution in [2.45, 2.75) is 9.24 Å². The summed E-state index contributed by atoms with van der Waals surface area (Å²) in [7, 11) is 0. The molecule has 2 amide bonds. The minimum atomic E-state index is -0.436. The topological polar surface area (TPSA) is 54.0 Å². The van der Waals surface area contributed by atoms with E-state index < -0.39 is 6.03 Å². The predicted molar refractivity (Wildman–Crippen MR) is 114 cm³/mol. The van der Waals surface area contributed by atoms with Crippen LogP contribution in [0.5, 0.6) is 0 Å². The van der Waals surface area contributed by atoms with Crippen molar-refractivity contribution in [3.05, 3.63) is 77.6 Å². The van der Waals surface area contributed by atoms with Crippen LogP contribution in [0, 0.1) is 5.82 Å². The summed E-state index contributed by atoms with van der Waals surface area (Å²) in [5, 5.41) is 5.86. The fourth-order valence-electron chi connectivity index (χ4n) is 2.48. The number of benzene rings is 3. The molecule has 0 spiro atoms. The third-order valence-corrected chi connectivity index (χ3v) is 6.36. The van der Waals surface area contributed by atoms with Crippen LogP contribution >= 0.6 is 34.7 Å². The van der Waals surface area contributed by atoms with E-state index in [2.05, 4.69) is 15.6 Å². The van der Waals surface area contributed by atoms with Gasteiger partial charge < -0.3 is 10.6 Å². The molecule has 4 aromatic rings. The molecule has 3 aromatic carbocycles. The van der Waals surface area contributed by atoms with Crippen LogP contribution in [0.4, 0.5) is 20.6 Å². The molecule has 1 heterocycles. The zero-order chi connectivity index (χ0) is 19.5. The largest absolute Gasteiger partial charge is 0.323 e. The Labute approximate surface area is 173 Å². The van der Waals surface area contributed by atoms with Gasteiger partial charge in [0.15, 0.2) is 4.34 Å². The van der Waals surface area contributed by atoms with E-state index in [1.54, 1.807) is 23.5 Å². The molecule has 28 heavy (non-hydrogen) atoms. The van der Waals surface area contributed by atoms with Crippen LogP contribution in [0.15, 0.2) is 76.0 Å². The summed E-state index contributed by atoms with van der Waals surface area (Å²) in [6, 6.07) is 18.3. The maximum absolute atomic E-state index is 12.9. The molecule has 8 heteroatoms. The SMILES string of the molecule is O=C(Nc1ccc(F)cc1)Nc1ccc(Sc2nc3ccccc3s2)c(Cl)c1. The van der Waals surface area contributed by atoms with Crippen LogP contribution in [-0.4, -0.2) is 11.0 Å². The first kappa shape index (κ1) is 18.7. The van der Waals surface area contributed by atoms with Gasteiger partial charge in [-0.2, -0.15) is 0 Å². The number of nitrogens with zero attached hydrogens (tertiary/aromatic N) is 1. The molecule has 1 aromatic heterocycles. The van der Waals surface area contributed by atoms with Crippen LogP contribution in [0.3, 0.4) is 0 Å². The number of carbonyl (C=O) groups excluding carboxylic acids is 1. The van der Waals surface area contributed by atoms with E-state index in [-0.39, 0.29) is 5.82 Å².